The average molecular weight is 283 g/mol. The standard InChI is InChI=1S/C17H21N3O/c18-9-12-20(11-8-15-5-2-1-3-6-15)17(21)13-16-7-4-10-19-14-16/h1-7,10,14H,8-9,11-13,18H2. The number of pyridine rings is 1. The van der Waals surface area contributed by atoms with Gasteiger partial charge in [-0.05, 0) is 23.6 Å². The summed E-state index contributed by atoms with van der Waals surface area (Å²) in [7, 11) is 0. The van der Waals surface area contributed by atoms with Crippen molar-refractivity contribution < 1.29 is 4.79 Å². The van der Waals surface area contributed by atoms with Crippen LogP contribution in [0.5, 0.6) is 0 Å². The van der Waals surface area contributed by atoms with Crippen LogP contribution in [0.3, 0.4) is 0 Å². The quantitative estimate of drug-likeness (QED) is 0.840. The summed E-state index contributed by atoms with van der Waals surface area (Å²) in [4.78, 5) is 18.2. The zero-order chi connectivity index (χ0) is 14.9. The second-order valence-corrected chi connectivity index (χ2v) is 4.94. The molecule has 1 aromatic carbocycles. The lowest BCUT2D eigenvalue weighted by molar-refractivity contribution is -0.130. The first-order valence-corrected chi connectivity index (χ1v) is 7.20. The van der Waals surface area contributed by atoms with Crippen LogP contribution >= 0.6 is 0 Å². The first-order valence-electron chi connectivity index (χ1n) is 7.20. The molecule has 2 rings (SSSR count). The van der Waals surface area contributed by atoms with Gasteiger partial charge < -0.3 is 10.6 Å². The van der Waals surface area contributed by atoms with Gasteiger partial charge in [-0.15, -0.1) is 0 Å². The third kappa shape index (κ3) is 5.00. The van der Waals surface area contributed by atoms with Crippen molar-refractivity contribution in [2.75, 3.05) is 19.6 Å². The lowest BCUT2D eigenvalue weighted by atomic mass is 10.1. The van der Waals surface area contributed by atoms with Crippen molar-refractivity contribution in [3.8, 4) is 0 Å². The molecule has 0 spiro atoms. The summed E-state index contributed by atoms with van der Waals surface area (Å²) >= 11 is 0. The van der Waals surface area contributed by atoms with Gasteiger partial charge in [0.25, 0.3) is 0 Å². The SMILES string of the molecule is NCCN(CCc1ccccc1)C(=O)Cc1cccnc1. The maximum Gasteiger partial charge on any atom is 0.227 e. The minimum atomic E-state index is 0.101. The van der Waals surface area contributed by atoms with Gasteiger partial charge in [0.15, 0.2) is 0 Å². The first kappa shape index (κ1) is 15.2. The third-order valence-electron chi connectivity index (χ3n) is 3.34. The molecule has 0 radical (unpaired) electrons. The maximum atomic E-state index is 12.4. The van der Waals surface area contributed by atoms with Crippen molar-refractivity contribution >= 4 is 5.91 Å². The number of nitrogens with zero attached hydrogens (tertiary/aromatic N) is 2. The van der Waals surface area contributed by atoms with Gasteiger partial charge in [0.05, 0.1) is 6.42 Å². The van der Waals surface area contributed by atoms with Crippen LogP contribution < -0.4 is 5.73 Å². The largest absolute Gasteiger partial charge is 0.341 e. The summed E-state index contributed by atoms with van der Waals surface area (Å²) in [5, 5.41) is 0. The number of carbonyl (C=O) groups is 1. The lowest BCUT2D eigenvalue weighted by Gasteiger charge is -2.22. The molecule has 1 amide bonds. The van der Waals surface area contributed by atoms with Crippen molar-refractivity contribution in [1.29, 1.82) is 0 Å². The molecule has 0 saturated carbocycles. The first-order chi connectivity index (χ1) is 10.3. The molecule has 4 heteroatoms. The van der Waals surface area contributed by atoms with Crippen molar-refractivity contribution in [2.24, 2.45) is 5.73 Å². The molecule has 110 valence electrons. The van der Waals surface area contributed by atoms with Gasteiger partial charge in [-0.2, -0.15) is 0 Å². The molecule has 2 N–H and O–H groups in total. The van der Waals surface area contributed by atoms with Gasteiger partial charge in [-0.25, -0.2) is 0 Å². The van der Waals surface area contributed by atoms with Crippen LogP contribution in [0.2, 0.25) is 0 Å². The van der Waals surface area contributed by atoms with Crippen LogP contribution in [0.4, 0.5) is 0 Å². The topological polar surface area (TPSA) is 59.2 Å². The number of hydrogen-bond donors (Lipinski definition) is 1. The molecule has 0 saturated heterocycles. The molecule has 0 atom stereocenters. The Morgan fingerprint density at radius 2 is 1.81 bits per heavy atom. The molecule has 0 fully saturated rings. The van der Waals surface area contributed by atoms with Crippen LogP contribution in [0.15, 0.2) is 54.9 Å². The van der Waals surface area contributed by atoms with Crippen LogP contribution in [0.1, 0.15) is 11.1 Å². The maximum absolute atomic E-state index is 12.4. The Morgan fingerprint density at radius 1 is 1.05 bits per heavy atom. The Hall–Kier alpha value is -2.20. The van der Waals surface area contributed by atoms with E-state index in [2.05, 4.69) is 17.1 Å². The van der Waals surface area contributed by atoms with E-state index in [1.54, 1.807) is 12.4 Å². The van der Waals surface area contributed by atoms with Gasteiger partial charge in [-0.3, -0.25) is 9.78 Å². The minimum absolute atomic E-state index is 0.101. The summed E-state index contributed by atoms with van der Waals surface area (Å²) < 4.78 is 0. The summed E-state index contributed by atoms with van der Waals surface area (Å²) in [5.41, 5.74) is 7.79. The summed E-state index contributed by atoms with van der Waals surface area (Å²) in [6.45, 7) is 1.76. The molecule has 0 unspecified atom stereocenters. The Kier molecular flexibility index (Phi) is 5.91. The van der Waals surface area contributed by atoms with E-state index in [-0.39, 0.29) is 5.91 Å². The van der Waals surface area contributed by atoms with Crippen LogP contribution in [0.25, 0.3) is 0 Å². The van der Waals surface area contributed by atoms with E-state index < -0.39 is 0 Å². The number of amides is 1. The Labute approximate surface area is 125 Å². The highest BCUT2D eigenvalue weighted by atomic mass is 16.2. The normalized spacial score (nSPS) is 10.3. The van der Waals surface area contributed by atoms with Crippen molar-refractivity contribution in [2.45, 2.75) is 12.8 Å². The predicted molar refractivity (Wildman–Crippen MR) is 83.7 cm³/mol. The smallest absolute Gasteiger partial charge is 0.227 e. The number of nitrogens with two attached hydrogens (primary N) is 1. The Morgan fingerprint density at radius 3 is 2.48 bits per heavy atom. The highest BCUT2D eigenvalue weighted by molar-refractivity contribution is 5.78. The number of aromatic nitrogens is 1. The van der Waals surface area contributed by atoms with E-state index in [1.165, 1.54) is 5.56 Å². The van der Waals surface area contributed by atoms with E-state index in [0.717, 1.165) is 12.0 Å². The predicted octanol–water partition coefficient (Wildman–Crippen LogP) is 1.65. The van der Waals surface area contributed by atoms with E-state index in [1.807, 2.05) is 35.2 Å². The second kappa shape index (κ2) is 8.17. The molecule has 0 aliphatic heterocycles. The Bertz CT molecular complexity index is 542. The lowest BCUT2D eigenvalue weighted by Crippen LogP contribution is -2.37. The fourth-order valence-electron chi connectivity index (χ4n) is 2.21. The van der Waals surface area contributed by atoms with Crippen LogP contribution in [-0.2, 0) is 17.6 Å². The van der Waals surface area contributed by atoms with E-state index in [4.69, 9.17) is 5.73 Å². The molecule has 0 aliphatic carbocycles. The highest BCUT2D eigenvalue weighted by Crippen LogP contribution is 2.05. The zero-order valence-electron chi connectivity index (χ0n) is 12.1. The fraction of sp³-hybridized carbons (Fsp3) is 0.294. The van der Waals surface area contributed by atoms with Gasteiger partial charge in [-0.1, -0.05) is 36.4 Å². The molecule has 0 aliphatic rings. The molecule has 21 heavy (non-hydrogen) atoms. The molecule has 1 heterocycles. The molecule has 0 bridgehead atoms. The van der Waals surface area contributed by atoms with Crippen molar-refractivity contribution in [1.82, 2.24) is 9.88 Å². The third-order valence-corrected chi connectivity index (χ3v) is 3.34. The van der Waals surface area contributed by atoms with Gasteiger partial charge in [0.1, 0.15) is 0 Å². The molecule has 2 aromatic rings. The second-order valence-electron chi connectivity index (χ2n) is 4.94. The number of benzene rings is 1. The summed E-state index contributed by atoms with van der Waals surface area (Å²) in [6, 6.07) is 13.9. The Balaban J connectivity index is 1.93. The number of rotatable bonds is 7. The summed E-state index contributed by atoms with van der Waals surface area (Å²) in [5.74, 6) is 0.101. The van der Waals surface area contributed by atoms with Crippen LogP contribution in [0, 0.1) is 0 Å². The average Bonchev–Trinajstić information content (AvgIpc) is 2.53. The summed E-state index contributed by atoms with van der Waals surface area (Å²) in [6.07, 6.45) is 4.67. The van der Waals surface area contributed by atoms with E-state index in [0.29, 0.717) is 26.1 Å². The number of hydrogen-bond acceptors (Lipinski definition) is 3. The zero-order valence-corrected chi connectivity index (χ0v) is 12.1. The molecular formula is C17H21N3O. The minimum Gasteiger partial charge on any atom is -0.341 e. The van der Waals surface area contributed by atoms with Gasteiger partial charge >= 0.3 is 0 Å². The van der Waals surface area contributed by atoms with Crippen LogP contribution in [-0.4, -0.2) is 35.4 Å². The van der Waals surface area contributed by atoms with Gasteiger partial charge in [0, 0.05) is 32.0 Å². The number of carbonyl (C=O) groups excluding carboxylic acids is 1. The van der Waals surface area contributed by atoms with E-state index >= 15 is 0 Å². The van der Waals surface area contributed by atoms with E-state index in [9.17, 15) is 4.79 Å². The molecule has 4 nitrogen and oxygen atoms in total. The highest BCUT2D eigenvalue weighted by Gasteiger charge is 2.13. The molecule has 1 aromatic heterocycles. The molecular weight excluding hydrogens is 262 g/mol. The fourth-order valence-corrected chi connectivity index (χ4v) is 2.21. The van der Waals surface area contributed by atoms with Crippen molar-refractivity contribution in [3.05, 3.63) is 66.0 Å². The van der Waals surface area contributed by atoms with Crippen molar-refractivity contribution in [3.63, 3.8) is 0 Å². The van der Waals surface area contributed by atoms with Gasteiger partial charge in [0.2, 0.25) is 5.91 Å². The monoisotopic (exact) mass is 283 g/mol.